The third-order valence-electron chi connectivity index (χ3n) is 3.82. The average molecular weight is 296 g/mol. The lowest BCUT2D eigenvalue weighted by Crippen LogP contribution is -2.36. The van der Waals surface area contributed by atoms with Crippen LogP contribution in [0.15, 0.2) is 18.2 Å². The number of halogens is 2. The predicted octanol–water partition coefficient (Wildman–Crippen LogP) is 3.01. The van der Waals surface area contributed by atoms with Gasteiger partial charge in [-0.25, -0.2) is 8.78 Å². The Labute approximate surface area is 124 Å². The summed E-state index contributed by atoms with van der Waals surface area (Å²) in [5.41, 5.74) is 0.0157. The summed E-state index contributed by atoms with van der Waals surface area (Å²) in [6, 6.07) is 3.36. The van der Waals surface area contributed by atoms with Crippen LogP contribution in [0.3, 0.4) is 0 Å². The first kappa shape index (κ1) is 15.9. The van der Waals surface area contributed by atoms with Crippen molar-refractivity contribution in [3.63, 3.8) is 0 Å². The van der Waals surface area contributed by atoms with Crippen LogP contribution in [-0.2, 0) is 0 Å². The maximum absolute atomic E-state index is 13.0. The van der Waals surface area contributed by atoms with Gasteiger partial charge >= 0.3 is 0 Å². The first-order valence-electron chi connectivity index (χ1n) is 7.63. The second-order valence-electron chi connectivity index (χ2n) is 5.56. The van der Waals surface area contributed by atoms with Crippen LogP contribution < -0.4 is 10.6 Å². The Morgan fingerprint density at radius 2 is 1.62 bits per heavy atom. The minimum Gasteiger partial charge on any atom is -0.351 e. The van der Waals surface area contributed by atoms with E-state index in [0.29, 0.717) is 19.1 Å². The molecule has 1 fully saturated rings. The molecule has 0 bridgehead atoms. The largest absolute Gasteiger partial charge is 0.351 e. The lowest BCUT2D eigenvalue weighted by molar-refractivity contribution is 0.0952. The zero-order valence-corrected chi connectivity index (χ0v) is 12.1. The topological polar surface area (TPSA) is 41.1 Å². The molecule has 0 radical (unpaired) electrons. The summed E-state index contributed by atoms with van der Waals surface area (Å²) >= 11 is 0. The Morgan fingerprint density at radius 1 is 1.00 bits per heavy atom. The van der Waals surface area contributed by atoms with E-state index in [-0.39, 0.29) is 5.56 Å². The third-order valence-corrected chi connectivity index (χ3v) is 3.82. The molecular formula is C16H22F2N2O. The summed E-state index contributed by atoms with van der Waals surface area (Å²) in [7, 11) is 0. The summed E-state index contributed by atoms with van der Waals surface area (Å²) < 4.78 is 26.1. The summed E-state index contributed by atoms with van der Waals surface area (Å²) in [6.07, 6.45) is 7.49. The molecule has 2 N–H and O–H groups in total. The van der Waals surface area contributed by atoms with Gasteiger partial charge in [-0.2, -0.15) is 0 Å². The smallest absolute Gasteiger partial charge is 0.251 e. The monoisotopic (exact) mass is 296 g/mol. The molecule has 1 aromatic carbocycles. The summed E-state index contributed by atoms with van der Waals surface area (Å²) in [5.74, 6) is -1.93. The molecule has 0 spiro atoms. The first-order valence-corrected chi connectivity index (χ1v) is 7.63. The van der Waals surface area contributed by atoms with E-state index < -0.39 is 17.5 Å². The van der Waals surface area contributed by atoms with Crippen LogP contribution in [0.5, 0.6) is 0 Å². The van der Waals surface area contributed by atoms with Crippen molar-refractivity contribution in [1.29, 1.82) is 0 Å². The molecule has 21 heavy (non-hydrogen) atoms. The third kappa shape index (κ3) is 5.42. The quantitative estimate of drug-likeness (QED) is 0.648. The van der Waals surface area contributed by atoms with Crippen LogP contribution >= 0.6 is 0 Å². The molecule has 0 atom stereocenters. The van der Waals surface area contributed by atoms with Gasteiger partial charge in [-0.1, -0.05) is 25.7 Å². The maximum atomic E-state index is 13.0. The standard InChI is InChI=1S/C16H22F2N2O/c17-13-9-12(10-14(18)11-13)16(21)20-8-7-19-15-5-3-1-2-4-6-15/h9-11,15,19H,1-8H2,(H,20,21). The van der Waals surface area contributed by atoms with Crippen molar-refractivity contribution in [2.45, 2.75) is 44.6 Å². The van der Waals surface area contributed by atoms with E-state index in [9.17, 15) is 13.6 Å². The molecule has 0 heterocycles. The highest BCUT2D eigenvalue weighted by atomic mass is 19.1. The number of hydrogen-bond donors (Lipinski definition) is 2. The number of carbonyl (C=O) groups excluding carboxylic acids is 1. The van der Waals surface area contributed by atoms with E-state index in [1.807, 2.05) is 0 Å². The molecule has 0 aliphatic heterocycles. The van der Waals surface area contributed by atoms with Crippen LogP contribution in [0, 0.1) is 11.6 Å². The molecular weight excluding hydrogens is 274 g/mol. The average Bonchev–Trinajstić information content (AvgIpc) is 2.71. The minimum absolute atomic E-state index is 0.0157. The van der Waals surface area contributed by atoms with Gasteiger partial charge in [0.2, 0.25) is 0 Å². The number of amides is 1. The van der Waals surface area contributed by atoms with Gasteiger partial charge in [0, 0.05) is 30.8 Å². The van der Waals surface area contributed by atoms with Crippen molar-refractivity contribution in [2.75, 3.05) is 13.1 Å². The van der Waals surface area contributed by atoms with Gasteiger partial charge in [-0.15, -0.1) is 0 Å². The fourth-order valence-corrected chi connectivity index (χ4v) is 2.72. The van der Waals surface area contributed by atoms with E-state index in [2.05, 4.69) is 10.6 Å². The van der Waals surface area contributed by atoms with Gasteiger partial charge in [0.15, 0.2) is 0 Å². The highest BCUT2D eigenvalue weighted by Crippen LogP contribution is 2.16. The SMILES string of the molecule is O=C(NCCNC1CCCCCC1)c1cc(F)cc(F)c1. The fourth-order valence-electron chi connectivity index (χ4n) is 2.72. The molecule has 0 unspecified atom stereocenters. The first-order chi connectivity index (χ1) is 10.1. The maximum Gasteiger partial charge on any atom is 0.251 e. The molecule has 5 heteroatoms. The number of carbonyl (C=O) groups is 1. The Kier molecular flexibility index (Phi) is 6.11. The highest BCUT2D eigenvalue weighted by molar-refractivity contribution is 5.94. The zero-order chi connectivity index (χ0) is 15.1. The summed E-state index contributed by atoms with van der Waals surface area (Å²) in [4.78, 5) is 11.8. The van der Waals surface area contributed by atoms with Crippen LogP contribution in [0.2, 0.25) is 0 Å². The van der Waals surface area contributed by atoms with Crippen molar-refractivity contribution in [3.05, 3.63) is 35.4 Å². The molecule has 0 aromatic heterocycles. The van der Waals surface area contributed by atoms with E-state index in [1.165, 1.54) is 38.5 Å². The Morgan fingerprint density at radius 3 is 2.24 bits per heavy atom. The van der Waals surface area contributed by atoms with Crippen LogP contribution in [-0.4, -0.2) is 25.0 Å². The Balaban J connectivity index is 1.71. The normalized spacial score (nSPS) is 16.5. The lowest BCUT2D eigenvalue weighted by atomic mass is 10.1. The molecule has 1 aliphatic rings. The van der Waals surface area contributed by atoms with Crippen LogP contribution in [0.25, 0.3) is 0 Å². The van der Waals surface area contributed by atoms with Crippen molar-refractivity contribution in [1.82, 2.24) is 10.6 Å². The van der Waals surface area contributed by atoms with E-state index in [0.717, 1.165) is 18.2 Å². The molecule has 2 rings (SSSR count). The predicted molar refractivity (Wildman–Crippen MR) is 78.2 cm³/mol. The van der Waals surface area contributed by atoms with Crippen molar-refractivity contribution in [3.8, 4) is 0 Å². The molecule has 1 amide bonds. The molecule has 116 valence electrons. The van der Waals surface area contributed by atoms with Gasteiger partial charge in [0.1, 0.15) is 11.6 Å². The van der Waals surface area contributed by atoms with Gasteiger partial charge in [-0.3, -0.25) is 4.79 Å². The minimum atomic E-state index is -0.739. The number of nitrogens with one attached hydrogen (secondary N) is 2. The van der Waals surface area contributed by atoms with E-state index in [4.69, 9.17) is 0 Å². The number of benzene rings is 1. The van der Waals surface area contributed by atoms with Crippen molar-refractivity contribution >= 4 is 5.91 Å². The van der Waals surface area contributed by atoms with Gasteiger partial charge in [-0.05, 0) is 25.0 Å². The second kappa shape index (κ2) is 8.08. The van der Waals surface area contributed by atoms with Crippen molar-refractivity contribution < 1.29 is 13.6 Å². The zero-order valence-electron chi connectivity index (χ0n) is 12.1. The van der Waals surface area contributed by atoms with Gasteiger partial charge in [0.05, 0.1) is 0 Å². The number of rotatable bonds is 5. The molecule has 3 nitrogen and oxygen atoms in total. The van der Waals surface area contributed by atoms with Gasteiger partial charge < -0.3 is 10.6 Å². The second-order valence-corrected chi connectivity index (χ2v) is 5.56. The van der Waals surface area contributed by atoms with E-state index >= 15 is 0 Å². The summed E-state index contributed by atoms with van der Waals surface area (Å²) in [5, 5.41) is 6.10. The lowest BCUT2D eigenvalue weighted by Gasteiger charge is -2.16. The number of hydrogen-bond acceptors (Lipinski definition) is 2. The highest BCUT2D eigenvalue weighted by Gasteiger charge is 2.12. The Bertz CT molecular complexity index is 451. The molecule has 1 saturated carbocycles. The Hall–Kier alpha value is -1.49. The van der Waals surface area contributed by atoms with E-state index in [1.54, 1.807) is 0 Å². The molecule has 1 aromatic rings. The molecule has 1 aliphatic carbocycles. The van der Waals surface area contributed by atoms with Crippen LogP contribution in [0.1, 0.15) is 48.9 Å². The molecule has 0 saturated heterocycles. The summed E-state index contributed by atoms with van der Waals surface area (Å²) in [6.45, 7) is 1.13. The van der Waals surface area contributed by atoms with Crippen molar-refractivity contribution in [2.24, 2.45) is 0 Å². The van der Waals surface area contributed by atoms with Crippen LogP contribution in [0.4, 0.5) is 8.78 Å². The fraction of sp³-hybridized carbons (Fsp3) is 0.562. The van der Waals surface area contributed by atoms with Gasteiger partial charge in [0.25, 0.3) is 5.91 Å².